The van der Waals surface area contributed by atoms with E-state index >= 15 is 0 Å². The highest BCUT2D eigenvalue weighted by atomic mass is 32.1. The summed E-state index contributed by atoms with van der Waals surface area (Å²) in [6.07, 6.45) is 5.29. The van der Waals surface area contributed by atoms with Crippen molar-refractivity contribution < 1.29 is 9.53 Å². The smallest absolute Gasteiger partial charge is 0.267 e. The molecule has 0 fully saturated rings. The molecule has 10 heteroatoms. The number of nitrogens with zero attached hydrogens (tertiary/aromatic N) is 5. The molecule has 4 heterocycles. The molecule has 2 N–H and O–H groups in total. The van der Waals surface area contributed by atoms with Crippen LogP contribution in [0.25, 0.3) is 16.5 Å². The van der Waals surface area contributed by atoms with Crippen molar-refractivity contribution in [2.75, 3.05) is 5.32 Å². The number of carbonyl (C=O) groups is 1. The first kappa shape index (κ1) is 18.9. The van der Waals surface area contributed by atoms with Crippen LogP contribution in [-0.4, -0.2) is 35.5 Å². The number of fused-ring (bicyclic) bond motifs is 1. The van der Waals surface area contributed by atoms with Crippen molar-refractivity contribution in [2.24, 2.45) is 0 Å². The highest BCUT2D eigenvalue weighted by molar-refractivity contribution is 7.17. The molecule has 31 heavy (non-hydrogen) atoms. The lowest BCUT2D eigenvalue weighted by atomic mass is 10.3. The van der Waals surface area contributed by atoms with E-state index in [0.29, 0.717) is 39.4 Å². The molecule has 9 nitrogen and oxygen atoms in total. The molecule has 1 amide bonds. The number of imidazole rings is 1. The van der Waals surface area contributed by atoms with E-state index in [-0.39, 0.29) is 5.91 Å². The number of carbonyl (C=O) groups excluding carboxylic acids is 1. The van der Waals surface area contributed by atoms with Crippen LogP contribution in [0, 0.1) is 6.92 Å². The number of aryl methyl sites for hydroxylation is 1. The van der Waals surface area contributed by atoms with E-state index in [1.165, 1.54) is 17.7 Å². The summed E-state index contributed by atoms with van der Waals surface area (Å²) < 4.78 is 7.77. The molecule has 0 spiro atoms. The Hall–Kier alpha value is -4.05. The number of aromatic nitrogens is 6. The fourth-order valence-electron chi connectivity index (χ4n) is 3.05. The van der Waals surface area contributed by atoms with Gasteiger partial charge < -0.3 is 14.5 Å². The van der Waals surface area contributed by atoms with Gasteiger partial charge in [-0.2, -0.15) is 5.10 Å². The molecule has 154 valence electrons. The van der Waals surface area contributed by atoms with Gasteiger partial charge in [0.15, 0.2) is 10.8 Å². The van der Waals surface area contributed by atoms with Crippen molar-refractivity contribution in [3.8, 4) is 16.6 Å². The molecule has 5 rings (SSSR count). The maximum atomic E-state index is 12.7. The van der Waals surface area contributed by atoms with Crippen LogP contribution in [-0.2, 0) is 6.61 Å². The number of thiazole rings is 1. The summed E-state index contributed by atoms with van der Waals surface area (Å²) in [4.78, 5) is 26.2. The lowest BCUT2D eigenvalue weighted by molar-refractivity contribution is 0.103. The minimum Gasteiger partial charge on any atom is -0.487 e. The standard InChI is InChI=1S/C21H17N7O2S/c1-13-18(31-21(24-13)19-22-12-23-27-19)20(29)26-14-5-7-16(8-6-14)30-11-15-10-28-9-3-2-4-17(28)25-15/h2-10,12H,11H2,1H3,(H,26,29)(H,22,23,27). The van der Waals surface area contributed by atoms with Crippen molar-refractivity contribution in [3.05, 3.63) is 77.5 Å². The number of rotatable bonds is 6. The Bertz CT molecular complexity index is 1310. The summed E-state index contributed by atoms with van der Waals surface area (Å²) >= 11 is 1.26. The predicted molar refractivity (Wildman–Crippen MR) is 116 cm³/mol. The summed E-state index contributed by atoms with van der Waals surface area (Å²) in [7, 11) is 0. The lowest BCUT2D eigenvalue weighted by Gasteiger charge is -2.07. The predicted octanol–water partition coefficient (Wildman–Crippen LogP) is 3.72. The van der Waals surface area contributed by atoms with Gasteiger partial charge in [-0.3, -0.25) is 9.89 Å². The zero-order chi connectivity index (χ0) is 21.2. The van der Waals surface area contributed by atoms with Gasteiger partial charge in [-0.1, -0.05) is 6.07 Å². The van der Waals surface area contributed by atoms with Crippen LogP contribution >= 0.6 is 11.3 Å². The number of H-pyrrole nitrogens is 1. The maximum absolute atomic E-state index is 12.7. The zero-order valence-electron chi connectivity index (χ0n) is 16.4. The van der Waals surface area contributed by atoms with Gasteiger partial charge in [0, 0.05) is 18.1 Å². The van der Waals surface area contributed by atoms with E-state index < -0.39 is 0 Å². The summed E-state index contributed by atoms with van der Waals surface area (Å²) in [6.45, 7) is 2.15. The van der Waals surface area contributed by atoms with E-state index in [0.717, 1.165) is 11.3 Å². The van der Waals surface area contributed by atoms with E-state index in [4.69, 9.17) is 4.74 Å². The van der Waals surface area contributed by atoms with Gasteiger partial charge in [0.05, 0.1) is 11.4 Å². The van der Waals surface area contributed by atoms with E-state index in [1.54, 1.807) is 19.1 Å². The van der Waals surface area contributed by atoms with Gasteiger partial charge in [0.1, 0.15) is 29.2 Å². The van der Waals surface area contributed by atoms with Crippen molar-refractivity contribution in [2.45, 2.75) is 13.5 Å². The molecule has 0 aliphatic heterocycles. The van der Waals surface area contributed by atoms with Crippen LogP contribution in [0.3, 0.4) is 0 Å². The van der Waals surface area contributed by atoms with Crippen molar-refractivity contribution in [1.82, 2.24) is 29.5 Å². The molecule has 1 aromatic carbocycles. The van der Waals surface area contributed by atoms with Crippen LogP contribution in [0.15, 0.2) is 61.2 Å². The van der Waals surface area contributed by atoms with Gasteiger partial charge in [-0.05, 0) is 43.3 Å². The van der Waals surface area contributed by atoms with Gasteiger partial charge in [-0.15, -0.1) is 11.3 Å². The molecule has 0 radical (unpaired) electrons. The normalized spacial score (nSPS) is 11.0. The Morgan fingerprint density at radius 3 is 2.84 bits per heavy atom. The molecule has 5 aromatic rings. The fourth-order valence-corrected chi connectivity index (χ4v) is 3.96. The van der Waals surface area contributed by atoms with Crippen LogP contribution in [0.1, 0.15) is 21.1 Å². The van der Waals surface area contributed by atoms with E-state index in [9.17, 15) is 4.79 Å². The molecule has 0 saturated heterocycles. The second-order valence-electron chi connectivity index (χ2n) is 6.73. The Morgan fingerprint density at radius 1 is 1.19 bits per heavy atom. The molecule has 0 atom stereocenters. The van der Waals surface area contributed by atoms with E-state index in [2.05, 4.69) is 30.5 Å². The van der Waals surface area contributed by atoms with Gasteiger partial charge in [-0.25, -0.2) is 15.0 Å². The number of hydrogen-bond donors (Lipinski definition) is 2. The zero-order valence-corrected chi connectivity index (χ0v) is 17.3. The number of pyridine rings is 1. The fraction of sp³-hybridized carbons (Fsp3) is 0.0952. The minimum atomic E-state index is -0.223. The molecule has 0 aliphatic carbocycles. The third kappa shape index (κ3) is 4.01. The number of hydrogen-bond acceptors (Lipinski definition) is 7. The van der Waals surface area contributed by atoms with Crippen LogP contribution in [0.4, 0.5) is 5.69 Å². The van der Waals surface area contributed by atoms with Crippen molar-refractivity contribution in [3.63, 3.8) is 0 Å². The highest BCUT2D eigenvalue weighted by Crippen LogP contribution is 2.26. The first-order chi connectivity index (χ1) is 15.2. The Kier molecular flexibility index (Phi) is 4.89. The monoisotopic (exact) mass is 431 g/mol. The summed E-state index contributed by atoms with van der Waals surface area (Å²) in [5, 5.41) is 10.1. The second-order valence-corrected chi connectivity index (χ2v) is 7.73. The number of nitrogens with one attached hydrogen (secondary N) is 2. The number of ether oxygens (including phenoxy) is 1. The SMILES string of the molecule is Cc1nc(-c2ncn[nH]2)sc1C(=O)Nc1ccc(OCc2cn3ccccc3n2)cc1. The lowest BCUT2D eigenvalue weighted by Crippen LogP contribution is -2.11. The number of benzene rings is 1. The molecule has 0 saturated carbocycles. The Labute approximate surface area is 180 Å². The summed E-state index contributed by atoms with van der Waals surface area (Å²) in [5.74, 6) is 1.01. The highest BCUT2D eigenvalue weighted by Gasteiger charge is 2.17. The summed E-state index contributed by atoms with van der Waals surface area (Å²) in [5.41, 5.74) is 3.02. The first-order valence-corrected chi connectivity index (χ1v) is 10.3. The number of amides is 1. The first-order valence-electron chi connectivity index (χ1n) is 9.46. The summed E-state index contributed by atoms with van der Waals surface area (Å²) in [6, 6.07) is 13.1. The van der Waals surface area contributed by atoms with E-state index in [1.807, 2.05) is 47.1 Å². The average Bonchev–Trinajstić information content (AvgIpc) is 3.52. The Balaban J connectivity index is 1.22. The third-order valence-electron chi connectivity index (χ3n) is 4.53. The molecular formula is C21H17N7O2S. The average molecular weight is 431 g/mol. The van der Waals surface area contributed by atoms with Gasteiger partial charge >= 0.3 is 0 Å². The molecule has 4 aromatic heterocycles. The second kappa shape index (κ2) is 8.00. The maximum Gasteiger partial charge on any atom is 0.267 e. The molecule has 0 unspecified atom stereocenters. The minimum absolute atomic E-state index is 0.223. The third-order valence-corrected chi connectivity index (χ3v) is 5.70. The molecule has 0 bridgehead atoms. The largest absolute Gasteiger partial charge is 0.487 e. The van der Waals surface area contributed by atoms with Gasteiger partial charge in [0.25, 0.3) is 5.91 Å². The number of aromatic amines is 1. The molecule has 0 aliphatic rings. The van der Waals surface area contributed by atoms with Crippen LogP contribution in [0.5, 0.6) is 5.75 Å². The van der Waals surface area contributed by atoms with Crippen molar-refractivity contribution in [1.29, 1.82) is 0 Å². The Morgan fingerprint density at radius 2 is 2.06 bits per heavy atom. The quantitative estimate of drug-likeness (QED) is 0.424. The van der Waals surface area contributed by atoms with Crippen LogP contribution in [0.2, 0.25) is 0 Å². The number of anilines is 1. The topological polar surface area (TPSA) is 110 Å². The molecular weight excluding hydrogens is 414 g/mol. The van der Waals surface area contributed by atoms with Crippen LogP contribution < -0.4 is 10.1 Å². The van der Waals surface area contributed by atoms with Crippen molar-refractivity contribution >= 4 is 28.6 Å². The van der Waals surface area contributed by atoms with Gasteiger partial charge in [0.2, 0.25) is 0 Å².